The second kappa shape index (κ2) is 6.35. The molecule has 17 heavy (non-hydrogen) atoms. The molecule has 1 aromatic rings. The van der Waals surface area contributed by atoms with E-state index in [0.29, 0.717) is 24.7 Å². The van der Waals surface area contributed by atoms with E-state index < -0.39 is 0 Å². The highest BCUT2D eigenvalue weighted by Crippen LogP contribution is 2.17. The second-order valence-electron chi connectivity index (χ2n) is 4.26. The third kappa shape index (κ3) is 4.15. The first-order valence-corrected chi connectivity index (χ1v) is 5.77. The topological polar surface area (TPSA) is 32.3 Å². The lowest BCUT2D eigenvalue weighted by Crippen LogP contribution is -2.32. The predicted octanol–water partition coefficient (Wildman–Crippen LogP) is 2.18. The number of hydrogen-bond acceptors (Lipinski definition) is 2. The zero-order chi connectivity index (χ0) is 12.8. The summed E-state index contributed by atoms with van der Waals surface area (Å²) in [5, 5.41) is 3.16. The first-order valence-electron chi connectivity index (χ1n) is 5.77. The molecule has 0 unspecified atom stereocenters. The molecule has 94 valence electrons. The van der Waals surface area contributed by atoms with Crippen molar-refractivity contribution in [3.8, 4) is 0 Å². The van der Waals surface area contributed by atoms with Gasteiger partial charge in [-0.1, -0.05) is 26.0 Å². The number of nitrogens with one attached hydrogen (secondary N) is 1. The fourth-order valence-electron chi connectivity index (χ4n) is 1.49. The highest BCUT2D eigenvalue weighted by molar-refractivity contribution is 5.92. The van der Waals surface area contributed by atoms with Crippen LogP contribution in [0.2, 0.25) is 0 Å². The van der Waals surface area contributed by atoms with E-state index in [9.17, 15) is 9.18 Å². The Balaban J connectivity index is 2.55. The summed E-state index contributed by atoms with van der Waals surface area (Å²) in [5.74, 6) is -0.469. The summed E-state index contributed by atoms with van der Waals surface area (Å²) in [6.07, 6.45) is 0.364. The van der Waals surface area contributed by atoms with Crippen molar-refractivity contribution in [2.45, 2.75) is 26.3 Å². The third-order valence-electron chi connectivity index (χ3n) is 2.48. The van der Waals surface area contributed by atoms with Crippen molar-refractivity contribution in [3.63, 3.8) is 0 Å². The van der Waals surface area contributed by atoms with Gasteiger partial charge in [0, 0.05) is 26.1 Å². The first-order chi connectivity index (χ1) is 8.02. The average molecular weight is 238 g/mol. The molecule has 0 aliphatic rings. The van der Waals surface area contributed by atoms with Gasteiger partial charge in [0.15, 0.2) is 0 Å². The summed E-state index contributed by atoms with van der Waals surface area (Å²) in [6, 6.07) is 6.63. The van der Waals surface area contributed by atoms with Crippen LogP contribution in [-0.2, 0) is 4.79 Å². The maximum absolute atomic E-state index is 13.4. The molecule has 0 aliphatic carbocycles. The van der Waals surface area contributed by atoms with Gasteiger partial charge in [-0.15, -0.1) is 0 Å². The summed E-state index contributed by atoms with van der Waals surface area (Å²) >= 11 is 0. The standard InChI is InChI=1S/C13H19FN2O/c1-10(2)15-9-8-13(17)16(3)12-7-5-4-6-11(12)14/h4-7,10,15H,8-9H2,1-3H3. The Bertz CT molecular complexity index is 379. The molecule has 4 heteroatoms. The molecule has 3 nitrogen and oxygen atoms in total. The number of nitrogens with zero attached hydrogens (tertiary/aromatic N) is 1. The minimum absolute atomic E-state index is 0.0942. The van der Waals surface area contributed by atoms with Gasteiger partial charge in [0.1, 0.15) is 5.82 Å². The Morgan fingerprint density at radius 3 is 2.65 bits per heavy atom. The van der Waals surface area contributed by atoms with Gasteiger partial charge >= 0.3 is 0 Å². The van der Waals surface area contributed by atoms with Gasteiger partial charge in [0.05, 0.1) is 5.69 Å². The van der Waals surface area contributed by atoms with Gasteiger partial charge in [0.2, 0.25) is 5.91 Å². The number of carbonyl (C=O) groups is 1. The summed E-state index contributed by atoms with van der Waals surface area (Å²) in [5.41, 5.74) is 0.321. The van der Waals surface area contributed by atoms with E-state index >= 15 is 0 Å². The van der Waals surface area contributed by atoms with Gasteiger partial charge in [-0.3, -0.25) is 4.79 Å². The van der Waals surface area contributed by atoms with Crippen molar-refractivity contribution in [2.75, 3.05) is 18.5 Å². The lowest BCUT2D eigenvalue weighted by molar-refractivity contribution is -0.118. The fourth-order valence-corrected chi connectivity index (χ4v) is 1.49. The van der Waals surface area contributed by atoms with Gasteiger partial charge < -0.3 is 10.2 Å². The molecule has 1 aromatic carbocycles. The normalized spacial score (nSPS) is 10.6. The Labute approximate surface area is 102 Å². The average Bonchev–Trinajstić information content (AvgIpc) is 2.28. The van der Waals surface area contributed by atoms with E-state index in [-0.39, 0.29) is 11.7 Å². The Morgan fingerprint density at radius 1 is 1.41 bits per heavy atom. The van der Waals surface area contributed by atoms with E-state index in [0.717, 1.165) is 0 Å². The monoisotopic (exact) mass is 238 g/mol. The van der Waals surface area contributed by atoms with Crippen LogP contribution in [0.3, 0.4) is 0 Å². The number of benzene rings is 1. The smallest absolute Gasteiger partial charge is 0.228 e. The molecule has 0 radical (unpaired) electrons. The largest absolute Gasteiger partial charge is 0.314 e. The molecule has 0 saturated heterocycles. The zero-order valence-electron chi connectivity index (χ0n) is 10.5. The van der Waals surface area contributed by atoms with Gasteiger partial charge in [0.25, 0.3) is 0 Å². The van der Waals surface area contributed by atoms with Gasteiger partial charge in [-0.25, -0.2) is 4.39 Å². The maximum atomic E-state index is 13.4. The van der Waals surface area contributed by atoms with Crippen molar-refractivity contribution < 1.29 is 9.18 Å². The quantitative estimate of drug-likeness (QED) is 0.852. The van der Waals surface area contributed by atoms with Gasteiger partial charge in [-0.05, 0) is 12.1 Å². The third-order valence-corrected chi connectivity index (χ3v) is 2.48. The first kappa shape index (κ1) is 13.6. The number of amides is 1. The van der Waals surface area contributed by atoms with Gasteiger partial charge in [-0.2, -0.15) is 0 Å². The van der Waals surface area contributed by atoms with Crippen LogP contribution >= 0.6 is 0 Å². The molecule has 0 heterocycles. The van der Waals surface area contributed by atoms with E-state index in [1.165, 1.54) is 11.0 Å². The summed E-state index contributed by atoms with van der Waals surface area (Å²) in [4.78, 5) is 13.2. The van der Waals surface area contributed by atoms with Crippen molar-refractivity contribution in [2.24, 2.45) is 0 Å². The molecule has 0 spiro atoms. The van der Waals surface area contributed by atoms with Crippen LogP contribution in [-0.4, -0.2) is 25.5 Å². The SMILES string of the molecule is CC(C)NCCC(=O)N(C)c1ccccc1F. The van der Waals surface area contributed by atoms with E-state index in [1.54, 1.807) is 25.2 Å². The molecular formula is C13H19FN2O. The number of anilines is 1. The highest BCUT2D eigenvalue weighted by Gasteiger charge is 2.13. The molecular weight excluding hydrogens is 219 g/mol. The molecule has 0 aromatic heterocycles. The van der Waals surface area contributed by atoms with Crippen molar-refractivity contribution in [3.05, 3.63) is 30.1 Å². The lowest BCUT2D eigenvalue weighted by Gasteiger charge is -2.18. The van der Waals surface area contributed by atoms with Crippen LogP contribution in [0.15, 0.2) is 24.3 Å². The fraction of sp³-hybridized carbons (Fsp3) is 0.462. The predicted molar refractivity (Wildman–Crippen MR) is 67.6 cm³/mol. The van der Waals surface area contributed by atoms with Crippen LogP contribution in [0.5, 0.6) is 0 Å². The number of carbonyl (C=O) groups excluding carboxylic acids is 1. The number of halogens is 1. The summed E-state index contributed by atoms with van der Waals surface area (Å²) in [7, 11) is 1.59. The lowest BCUT2D eigenvalue weighted by atomic mass is 10.2. The Hall–Kier alpha value is -1.42. The minimum Gasteiger partial charge on any atom is -0.314 e. The molecule has 0 bridgehead atoms. The Morgan fingerprint density at radius 2 is 2.06 bits per heavy atom. The second-order valence-corrected chi connectivity index (χ2v) is 4.26. The molecule has 0 aliphatic heterocycles. The van der Waals surface area contributed by atoms with Crippen LogP contribution in [0.4, 0.5) is 10.1 Å². The summed E-state index contributed by atoms with van der Waals surface area (Å²) in [6.45, 7) is 4.64. The molecule has 1 N–H and O–H groups in total. The number of para-hydroxylation sites is 1. The van der Waals surface area contributed by atoms with Crippen LogP contribution < -0.4 is 10.2 Å². The molecule has 1 rings (SSSR count). The number of hydrogen-bond donors (Lipinski definition) is 1. The molecule has 1 amide bonds. The zero-order valence-corrected chi connectivity index (χ0v) is 10.5. The maximum Gasteiger partial charge on any atom is 0.228 e. The highest BCUT2D eigenvalue weighted by atomic mass is 19.1. The van der Waals surface area contributed by atoms with E-state index in [1.807, 2.05) is 13.8 Å². The molecule has 0 atom stereocenters. The Kier molecular flexibility index (Phi) is 5.10. The van der Waals surface area contributed by atoms with Crippen molar-refractivity contribution in [1.29, 1.82) is 0 Å². The summed E-state index contributed by atoms with van der Waals surface area (Å²) < 4.78 is 13.4. The van der Waals surface area contributed by atoms with Crippen LogP contribution in [0.1, 0.15) is 20.3 Å². The van der Waals surface area contributed by atoms with Crippen molar-refractivity contribution >= 4 is 11.6 Å². The molecule has 0 saturated carbocycles. The van der Waals surface area contributed by atoms with Crippen molar-refractivity contribution in [1.82, 2.24) is 5.32 Å². The number of rotatable bonds is 5. The molecule has 0 fully saturated rings. The van der Waals surface area contributed by atoms with E-state index in [4.69, 9.17) is 0 Å². The van der Waals surface area contributed by atoms with Crippen LogP contribution in [0, 0.1) is 5.82 Å². The minimum atomic E-state index is -0.375. The van der Waals surface area contributed by atoms with Crippen LogP contribution in [0.25, 0.3) is 0 Å². The van der Waals surface area contributed by atoms with E-state index in [2.05, 4.69) is 5.32 Å².